The van der Waals surface area contributed by atoms with Crippen LogP contribution in [-0.4, -0.2) is 0 Å². The van der Waals surface area contributed by atoms with Gasteiger partial charge in [-0.3, -0.25) is 9.69 Å². The van der Waals surface area contributed by atoms with Gasteiger partial charge in [-0.2, -0.15) is 10.5 Å². The summed E-state index contributed by atoms with van der Waals surface area (Å²) in [7, 11) is 0. The first kappa shape index (κ1) is 26.2. The topological polar surface area (TPSA) is 80.4 Å². The number of anilines is 2. The molecule has 2 unspecified atom stereocenters. The summed E-state index contributed by atoms with van der Waals surface area (Å²) in [5.41, 5.74) is 4.07. The van der Waals surface area contributed by atoms with E-state index in [0.717, 1.165) is 32.3 Å². The van der Waals surface area contributed by atoms with Crippen molar-refractivity contribution in [2.45, 2.75) is 21.9 Å². The second-order valence-corrected chi connectivity index (χ2v) is 9.24. The van der Waals surface area contributed by atoms with E-state index in [1.54, 1.807) is 24.3 Å². The number of nitrogens with zero attached hydrogens (tertiary/aromatic N) is 4. The van der Waals surface area contributed by atoms with Crippen molar-refractivity contribution < 1.29 is 0 Å². The minimum absolute atomic E-state index is 0.245. The highest BCUT2D eigenvalue weighted by atomic mass is 32.1. The van der Waals surface area contributed by atoms with Gasteiger partial charge >= 0.3 is 0 Å². The van der Waals surface area contributed by atoms with Crippen molar-refractivity contribution in [1.82, 2.24) is 0 Å². The number of thiol groups is 2. The minimum Gasteiger partial charge on any atom is -0.375 e. The van der Waals surface area contributed by atoms with E-state index in [0.29, 0.717) is 0 Å². The highest BCUT2D eigenvalue weighted by molar-refractivity contribution is 7.80. The fourth-order valence-electron chi connectivity index (χ4n) is 4.11. The SMILES string of the molecule is [C-]#[N+]c1ccc(C(Nc2ccccc2S)C(Nc2ccccc2S)c2ccc(C#N)c(C#N)c2)cc1[N+]#[C-]. The summed E-state index contributed by atoms with van der Waals surface area (Å²) in [5.74, 6) is 0. The maximum atomic E-state index is 9.72. The first-order valence-corrected chi connectivity index (χ1v) is 12.3. The summed E-state index contributed by atoms with van der Waals surface area (Å²) in [6, 6.07) is 28.6. The number of hydrogen-bond donors (Lipinski definition) is 4. The molecule has 2 atom stereocenters. The van der Waals surface area contributed by atoms with Crippen LogP contribution in [-0.2, 0) is 0 Å². The average Bonchev–Trinajstić information content (AvgIpc) is 2.96. The Kier molecular flexibility index (Phi) is 8.22. The Balaban J connectivity index is 1.95. The van der Waals surface area contributed by atoms with Crippen molar-refractivity contribution in [3.8, 4) is 12.1 Å². The standard InChI is InChI=1S/C30H20N6S2/c1-33-23-14-13-20(16-26(23)34-2)30(36-25-8-4-6-10-28(25)38)29(35-24-7-3-5-9-27(24)37)19-11-12-21(17-31)22(15-19)18-32/h3-16,29-30,35-38H. The zero-order valence-electron chi connectivity index (χ0n) is 19.9. The maximum absolute atomic E-state index is 9.72. The molecule has 4 aromatic carbocycles. The fourth-order valence-corrected chi connectivity index (χ4v) is 4.56. The molecule has 4 aromatic rings. The average molecular weight is 529 g/mol. The van der Waals surface area contributed by atoms with Crippen molar-refractivity contribution in [3.63, 3.8) is 0 Å². The Morgan fingerprint density at radius 3 is 1.63 bits per heavy atom. The van der Waals surface area contributed by atoms with Gasteiger partial charge in [0, 0.05) is 21.2 Å². The quantitative estimate of drug-likeness (QED) is 0.144. The highest BCUT2D eigenvalue weighted by Gasteiger charge is 2.28. The van der Waals surface area contributed by atoms with Crippen molar-refractivity contribution in [2.24, 2.45) is 0 Å². The van der Waals surface area contributed by atoms with Crippen LogP contribution in [0.3, 0.4) is 0 Å². The summed E-state index contributed by atoms with van der Waals surface area (Å²) in [4.78, 5) is 8.50. The monoisotopic (exact) mass is 528 g/mol. The maximum Gasteiger partial charge on any atom is 0.194 e. The van der Waals surface area contributed by atoms with Gasteiger partial charge < -0.3 is 10.6 Å². The van der Waals surface area contributed by atoms with Crippen molar-refractivity contribution in [1.29, 1.82) is 10.5 Å². The Morgan fingerprint density at radius 2 is 1.13 bits per heavy atom. The van der Waals surface area contributed by atoms with Crippen LogP contribution in [0.2, 0.25) is 0 Å². The first-order chi connectivity index (χ1) is 18.5. The Hall–Kier alpha value is -4.86. The summed E-state index contributed by atoms with van der Waals surface area (Å²) in [5, 5.41) is 26.3. The molecule has 182 valence electrons. The predicted molar refractivity (Wildman–Crippen MR) is 155 cm³/mol. The van der Waals surface area contributed by atoms with Crippen molar-refractivity contribution in [2.75, 3.05) is 10.6 Å². The molecule has 0 saturated carbocycles. The van der Waals surface area contributed by atoms with Crippen LogP contribution in [0.4, 0.5) is 22.7 Å². The molecule has 6 nitrogen and oxygen atoms in total. The van der Waals surface area contributed by atoms with E-state index in [2.05, 4.69) is 57.7 Å². The normalized spacial score (nSPS) is 11.6. The van der Waals surface area contributed by atoms with Gasteiger partial charge in [-0.1, -0.05) is 48.5 Å². The molecule has 0 aliphatic carbocycles. The van der Waals surface area contributed by atoms with Crippen LogP contribution in [0, 0.1) is 35.8 Å². The van der Waals surface area contributed by atoms with E-state index in [-0.39, 0.29) is 22.5 Å². The smallest absolute Gasteiger partial charge is 0.194 e. The Bertz CT molecular complexity index is 1550. The fraction of sp³-hybridized carbons (Fsp3) is 0.0667. The van der Waals surface area contributed by atoms with E-state index in [9.17, 15) is 10.5 Å². The molecule has 0 aromatic heterocycles. The van der Waals surface area contributed by atoms with Gasteiger partial charge in [-0.05, 0) is 47.5 Å². The highest BCUT2D eigenvalue weighted by Crippen LogP contribution is 2.41. The van der Waals surface area contributed by atoms with Gasteiger partial charge in [0.1, 0.15) is 12.1 Å². The molecule has 0 heterocycles. The van der Waals surface area contributed by atoms with Crippen LogP contribution >= 0.6 is 25.3 Å². The van der Waals surface area contributed by atoms with Gasteiger partial charge in [0.05, 0.1) is 36.4 Å². The Morgan fingerprint density at radius 1 is 0.632 bits per heavy atom. The van der Waals surface area contributed by atoms with Gasteiger partial charge in [-0.15, -0.1) is 25.3 Å². The van der Waals surface area contributed by atoms with E-state index in [4.69, 9.17) is 13.1 Å². The molecule has 0 aliphatic rings. The van der Waals surface area contributed by atoms with Gasteiger partial charge in [0.25, 0.3) is 0 Å². The third-order valence-electron chi connectivity index (χ3n) is 6.01. The molecular weight excluding hydrogens is 509 g/mol. The van der Waals surface area contributed by atoms with Crippen LogP contribution in [0.1, 0.15) is 34.3 Å². The molecule has 0 saturated heterocycles. The molecule has 2 N–H and O–H groups in total. The lowest BCUT2D eigenvalue weighted by Crippen LogP contribution is -2.26. The lowest BCUT2D eigenvalue weighted by atomic mass is 9.90. The van der Waals surface area contributed by atoms with Crippen LogP contribution in [0.25, 0.3) is 9.69 Å². The molecular formula is C30H20N6S2. The van der Waals surface area contributed by atoms with Crippen molar-refractivity contribution >= 4 is 48.0 Å². The second-order valence-electron chi connectivity index (χ2n) is 8.28. The zero-order chi connectivity index (χ0) is 27.1. The lowest BCUT2D eigenvalue weighted by molar-refractivity contribution is 0.647. The molecule has 0 aliphatic heterocycles. The van der Waals surface area contributed by atoms with Crippen LogP contribution < -0.4 is 10.6 Å². The van der Waals surface area contributed by atoms with E-state index in [1.807, 2.05) is 60.7 Å². The number of nitrogens with one attached hydrogen (secondary N) is 2. The minimum atomic E-state index is -0.492. The number of para-hydroxylation sites is 2. The van der Waals surface area contributed by atoms with Gasteiger partial charge in [0.15, 0.2) is 11.4 Å². The second kappa shape index (κ2) is 11.9. The predicted octanol–water partition coefficient (Wildman–Crippen LogP) is 8.12. The summed E-state index contributed by atoms with van der Waals surface area (Å²) in [6.45, 7) is 15.0. The van der Waals surface area contributed by atoms with E-state index < -0.39 is 12.1 Å². The zero-order valence-corrected chi connectivity index (χ0v) is 21.7. The lowest BCUT2D eigenvalue weighted by Gasteiger charge is -2.32. The Labute approximate surface area is 232 Å². The molecule has 0 amide bonds. The summed E-state index contributed by atoms with van der Waals surface area (Å²) in [6.07, 6.45) is 0. The number of nitriles is 2. The molecule has 0 spiro atoms. The third-order valence-corrected chi connectivity index (χ3v) is 6.79. The molecule has 0 bridgehead atoms. The molecule has 0 fully saturated rings. The number of hydrogen-bond acceptors (Lipinski definition) is 6. The van der Waals surface area contributed by atoms with Crippen LogP contribution in [0.15, 0.2) is 94.7 Å². The molecule has 4 rings (SSSR count). The number of rotatable bonds is 7. The largest absolute Gasteiger partial charge is 0.375 e. The van der Waals surface area contributed by atoms with Crippen molar-refractivity contribution in [3.05, 3.63) is 130 Å². The third kappa shape index (κ3) is 5.59. The van der Waals surface area contributed by atoms with E-state index >= 15 is 0 Å². The van der Waals surface area contributed by atoms with E-state index in [1.165, 1.54) is 0 Å². The molecule has 8 heteroatoms. The number of benzene rings is 4. The summed E-state index contributed by atoms with van der Waals surface area (Å²) >= 11 is 9.24. The molecule has 38 heavy (non-hydrogen) atoms. The van der Waals surface area contributed by atoms with Gasteiger partial charge in [-0.25, -0.2) is 0 Å². The first-order valence-electron chi connectivity index (χ1n) is 11.4. The van der Waals surface area contributed by atoms with Crippen LogP contribution in [0.5, 0.6) is 0 Å². The van der Waals surface area contributed by atoms with Gasteiger partial charge in [0.2, 0.25) is 0 Å². The summed E-state index contributed by atoms with van der Waals surface area (Å²) < 4.78 is 0. The molecule has 0 radical (unpaired) electrons.